The molecule has 63 heavy (non-hydrogen) atoms. The Hall–Kier alpha value is -6.54. The maximum Gasteiger partial charge on any atom is 0.280 e. The lowest BCUT2D eigenvalue weighted by Gasteiger charge is -2.34. The Bertz CT molecular complexity index is 2700. The molecule has 2 saturated carbocycles. The first-order valence-electron chi connectivity index (χ1n) is 20.5. The Kier molecular flexibility index (Phi) is 12.9. The van der Waals surface area contributed by atoms with Gasteiger partial charge in [0, 0.05) is 11.8 Å². The number of aliphatic hydroxyl groups is 4. The summed E-state index contributed by atoms with van der Waals surface area (Å²) in [4.78, 5) is 35.7. The van der Waals surface area contributed by atoms with Gasteiger partial charge in [-0.25, -0.2) is 9.97 Å². The highest BCUT2D eigenvalue weighted by molar-refractivity contribution is 5.78. The summed E-state index contributed by atoms with van der Waals surface area (Å²) < 4.78 is 20.9. The third kappa shape index (κ3) is 9.17. The van der Waals surface area contributed by atoms with E-state index in [0.29, 0.717) is 43.1 Å². The van der Waals surface area contributed by atoms with E-state index < -0.39 is 36.4 Å². The molecule has 2 aliphatic rings. The van der Waals surface area contributed by atoms with E-state index in [2.05, 4.69) is 36.5 Å². The third-order valence-corrected chi connectivity index (χ3v) is 11.8. The minimum absolute atomic E-state index is 0.0128. The number of imidazole rings is 2. The number of nitrogens with two attached hydrogens (primary N) is 2. The van der Waals surface area contributed by atoms with Crippen molar-refractivity contribution >= 4 is 34.2 Å². The minimum Gasteiger partial charge on any atom is -0.471 e. The van der Waals surface area contributed by atoms with E-state index in [0.717, 1.165) is 22.3 Å². The van der Waals surface area contributed by atoms with Crippen LogP contribution in [0.25, 0.3) is 22.3 Å². The molecular formula is C45H50N10O8. The van der Waals surface area contributed by atoms with Crippen LogP contribution >= 0.6 is 0 Å². The van der Waals surface area contributed by atoms with Crippen molar-refractivity contribution < 1.29 is 34.6 Å². The lowest BCUT2D eigenvalue weighted by atomic mass is 9.88. The van der Waals surface area contributed by atoms with Crippen molar-refractivity contribution in [2.45, 2.75) is 62.6 Å². The van der Waals surface area contributed by atoms with Crippen molar-refractivity contribution in [2.75, 3.05) is 31.3 Å². The van der Waals surface area contributed by atoms with Crippen LogP contribution in [0.3, 0.4) is 0 Å². The first-order valence-corrected chi connectivity index (χ1v) is 20.5. The number of nitrogens with zero attached hydrogens (tertiary/aromatic N) is 7. The lowest BCUT2D eigenvalue weighted by Crippen LogP contribution is -2.47. The number of H-pyrrole nitrogens is 1. The molecule has 4 heterocycles. The van der Waals surface area contributed by atoms with Gasteiger partial charge < -0.3 is 55.2 Å². The number of hydrogen-bond donors (Lipinski definition) is 7. The Morgan fingerprint density at radius 1 is 0.746 bits per heavy atom. The van der Waals surface area contributed by atoms with Crippen LogP contribution in [0.15, 0.2) is 121 Å². The standard InChI is InChI=1S/C26H29N5O5.C19H21N5O3/c27-25-29-23-22(24(30-25)36-13-18-9-5-2-6-10-18)28-16-31(23)21-11-20(33)19(26(21,34)15-32)14-35-12-17-7-3-1-4-8-17;1-11-13(9-27-8-12-5-3-2-4-6-12)15(25)7-14(11)24-10-21-16-17(24)22-19(20)23-18(16)26/h1-10,16,19-21,32-34H,11-15H2,(H2,27,29,30);2-6,10,13-15,25H,1,7-9H2,(H3,20,22,23,26)/t19-,20+,21+,26+;13-,14-,15-/m10/s1. The molecule has 4 aromatic heterocycles. The predicted molar refractivity (Wildman–Crippen MR) is 233 cm³/mol. The monoisotopic (exact) mass is 858 g/mol. The van der Waals surface area contributed by atoms with Gasteiger partial charge in [0.25, 0.3) is 5.56 Å². The number of fused-ring (bicyclic) bond motifs is 2. The Morgan fingerprint density at radius 2 is 1.32 bits per heavy atom. The fourth-order valence-corrected chi connectivity index (χ4v) is 8.45. The van der Waals surface area contributed by atoms with E-state index in [9.17, 15) is 25.2 Å². The summed E-state index contributed by atoms with van der Waals surface area (Å²) in [7, 11) is 0. The number of hydrogen-bond acceptors (Lipinski definition) is 15. The van der Waals surface area contributed by atoms with E-state index in [1.807, 2.05) is 91.0 Å². The first kappa shape index (κ1) is 43.1. The second-order valence-corrected chi connectivity index (χ2v) is 15.8. The molecule has 2 aliphatic carbocycles. The first-order chi connectivity index (χ1) is 30.5. The van der Waals surface area contributed by atoms with Crippen LogP contribution in [0.2, 0.25) is 0 Å². The highest BCUT2D eigenvalue weighted by atomic mass is 16.5. The maximum absolute atomic E-state index is 12.0. The molecule has 7 aromatic rings. The fraction of sp³-hybridized carbons (Fsp3) is 0.333. The van der Waals surface area contributed by atoms with E-state index in [1.165, 1.54) is 6.33 Å². The van der Waals surface area contributed by atoms with Gasteiger partial charge in [0.2, 0.25) is 17.8 Å². The van der Waals surface area contributed by atoms with Crippen LogP contribution < -0.4 is 21.8 Å². The van der Waals surface area contributed by atoms with Crippen LogP contribution in [0.4, 0.5) is 11.9 Å². The summed E-state index contributed by atoms with van der Waals surface area (Å²) in [6, 6.07) is 28.2. The van der Waals surface area contributed by atoms with Crippen LogP contribution in [-0.2, 0) is 29.3 Å². The molecule has 9 rings (SSSR count). The van der Waals surface area contributed by atoms with E-state index >= 15 is 0 Å². The van der Waals surface area contributed by atoms with Gasteiger partial charge in [0.1, 0.15) is 12.2 Å². The average molecular weight is 859 g/mol. The zero-order valence-electron chi connectivity index (χ0n) is 34.4. The molecule has 7 atom stereocenters. The number of aliphatic hydroxyl groups excluding tert-OH is 3. The Morgan fingerprint density at radius 3 is 1.95 bits per heavy atom. The number of nitrogens with one attached hydrogen (secondary N) is 1. The second kappa shape index (κ2) is 18.8. The van der Waals surface area contributed by atoms with Crippen molar-refractivity contribution in [3.05, 3.63) is 143 Å². The van der Waals surface area contributed by atoms with Crippen LogP contribution in [0.1, 0.15) is 41.6 Å². The smallest absolute Gasteiger partial charge is 0.280 e. The highest BCUT2D eigenvalue weighted by Crippen LogP contribution is 2.46. The number of nitrogen functional groups attached to an aromatic ring is 2. The van der Waals surface area contributed by atoms with Crippen molar-refractivity contribution in [3.63, 3.8) is 0 Å². The van der Waals surface area contributed by atoms with Crippen molar-refractivity contribution in [3.8, 4) is 5.88 Å². The Balaban J connectivity index is 0.000000180. The van der Waals surface area contributed by atoms with Crippen LogP contribution in [-0.4, -0.2) is 97.1 Å². The van der Waals surface area contributed by atoms with Gasteiger partial charge >= 0.3 is 0 Å². The SMILES string of the molecule is C=C1[C@H](COCc2ccccc2)[C@@H](O)C[C@@H]1n1cnc2c(=O)[nH]c(N)nc21.Nc1nc(OCc2ccccc2)c2ncn([C@H]3C[C@H](O)[C@@H](COCc4ccccc4)[C@@]3(O)CO)c2n1. The molecule has 0 aliphatic heterocycles. The molecule has 0 saturated heterocycles. The summed E-state index contributed by atoms with van der Waals surface area (Å²) in [6.45, 7) is 5.10. The third-order valence-electron chi connectivity index (χ3n) is 11.8. The van der Waals surface area contributed by atoms with Crippen LogP contribution in [0.5, 0.6) is 5.88 Å². The zero-order valence-corrected chi connectivity index (χ0v) is 34.4. The van der Waals surface area contributed by atoms with Gasteiger partial charge in [-0.15, -0.1) is 0 Å². The molecule has 2 fully saturated rings. The van der Waals surface area contributed by atoms with E-state index in [4.69, 9.17) is 25.7 Å². The van der Waals surface area contributed by atoms with Gasteiger partial charge in [-0.1, -0.05) is 97.6 Å². The molecule has 3 aromatic carbocycles. The average Bonchev–Trinajstić information content (AvgIpc) is 4.04. The normalized spacial score (nSPS) is 23.3. The van der Waals surface area contributed by atoms with Crippen LogP contribution in [0, 0.1) is 11.8 Å². The van der Waals surface area contributed by atoms with E-state index in [-0.39, 0.29) is 60.4 Å². The van der Waals surface area contributed by atoms with Gasteiger partial charge in [0.15, 0.2) is 22.3 Å². The topological polar surface area (TPSA) is 268 Å². The zero-order chi connectivity index (χ0) is 44.1. The minimum atomic E-state index is -1.67. The molecule has 0 spiro atoms. The summed E-state index contributed by atoms with van der Waals surface area (Å²) in [5.41, 5.74) is 14.7. The van der Waals surface area contributed by atoms with Crippen molar-refractivity contribution in [2.24, 2.45) is 11.8 Å². The molecule has 18 nitrogen and oxygen atoms in total. The highest BCUT2D eigenvalue weighted by Gasteiger charge is 2.55. The fourth-order valence-electron chi connectivity index (χ4n) is 8.45. The Labute approximate surface area is 361 Å². The summed E-state index contributed by atoms with van der Waals surface area (Å²) in [6.07, 6.45) is 2.18. The summed E-state index contributed by atoms with van der Waals surface area (Å²) >= 11 is 0. The number of rotatable bonds is 14. The molecule has 0 amide bonds. The number of ether oxygens (including phenoxy) is 3. The number of benzene rings is 3. The quantitative estimate of drug-likeness (QED) is 0.0774. The van der Waals surface area contributed by atoms with Gasteiger partial charge in [0.05, 0.1) is 70.0 Å². The second-order valence-electron chi connectivity index (χ2n) is 15.8. The lowest BCUT2D eigenvalue weighted by molar-refractivity contribution is -0.109. The van der Waals surface area contributed by atoms with Gasteiger partial charge in [-0.05, 0) is 35.1 Å². The summed E-state index contributed by atoms with van der Waals surface area (Å²) in [5, 5.41) is 43.2. The van der Waals surface area contributed by atoms with Crippen molar-refractivity contribution in [1.29, 1.82) is 0 Å². The number of anilines is 2. The summed E-state index contributed by atoms with van der Waals surface area (Å²) in [5.74, 6) is -0.687. The molecule has 0 bridgehead atoms. The molecule has 18 heteroatoms. The van der Waals surface area contributed by atoms with Crippen molar-refractivity contribution in [1.82, 2.24) is 39.0 Å². The number of aromatic amines is 1. The maximum atomic E-state index is 12.0. The van der Waals surface area contributed by atoms with E-state index in [1.54, 1.807) is 15.5 Å². The molecule has 0 unspecified atom stereocenters. The predicted octanol–water partition coefficient (Wildman–Crippen LogP) is 3.25. The van der Waals surface area contributed by atoms with Gasteiger partial charge in [-0.3, -0.25) is 9.78 Å². The number of aromatic nitrogens is 8. The molecule has 0 radical (unpaired) electrons. The largest absolute Gasteiger partial charge is 0.471 e. The molecular weight excluding hydrogens is 809 g/mol. The molecule has 9 N–H and O–H groups in total. The van der Waals surface area contributed by atoms with Gasteiger partial charge in [-0.2, -0.15) is 15.0 Å². The molecule has 328 valence electrons.